The molecule has 0 bridgehead atoms. The van der Waals surface area contributed by atoms with Crippen LogP contribution in [0.3, 0.4) is 0 Å². The molecule has 112 valence electrons. The summed E-state index contributed by atoms with van der Waals surface area (Å²) in [5.74, 6) is 0.545. The van der Waals surface area contributed by atoms with Crippen molar-refractivity contribution in [2.24, 2.45) is 0 Å². The molecule has 1 atom stereocenters. The lowest BCUT2D eigenvalue weighted by atomic mass is 10.0. The van der Waals surface area contributed by atoms with E-state index in [0.717, 1.165) is 5.56 Å². The third-order valence-electron chi connectivity index (χ3n) is 3.08. The monoisotopic (exact) mass is 307 g/mol. The first-order valence-corrected chi connectivity index (χ1v) is 7.08. The lowest BCUT2D eigenvalue weighted by Gasteiger charge is -2.22. The maximum atomic E-state index is 11.9. The largest absolute Gasteiger partial charge is 0.469 e. The minimum atomic E-state index is -1.05. The van der Waals surface area contributed by atoms with Gasteiger partial charge in [-0.15, -0.1) is 0 Å². The van der Waals surface area contributed by atoms with Crippen molar-refractivity contribution in [1.29, 1.82) is 0 Å². The van der Waals surface area contributed by atoms with E-state index in [9.17, 15) is 9.90 Å². The van der Waals surface area contributed by atoms with Gasteiger partial charge in [0.2, 0.25) is 5.91 Å². The van der Waals surface area contributed by atoms with Crippen LogP contribution in [0.5, 0.6) is 0 Å². The topological polar surface area (TPSA) is 62.5 Å². The van der Waals surface area contributed by atoms with Gasteiger partial charge in [0.25, 0.3) is 0 Å². The number of hydrogen-bond acceptors (Lipinski definition) is 3. The Morgan fingerprint density at radius 3 is 2.67 bits per heavy atom. The summed E-state index contributed by atoms with van der Waals surface area (Å²) in [6.07, 6.45) is 2.17. The van der Waals surface area contributed by atoms with Gasteiger partial charge >= 0.3 is 0 Å². The quantitative estimate of drug-likeness (QED) is 0.862. The van der Waals surface area contributed by atoms with Crippen LogP contribution in [0.4, 0.5) is 0 Å². The maximum absolute atomic E-state index is 11.9. The van der Waals surface area contributed by atoms with Gasteiger partial charge in [-0.25, -0.2) is 0 Å². The second-order valence-electron chi connectivity index (χ2n) is 5.33. The van der Waals surface area contributed by atoms with Crippen molar-refractivity contribution in [2.45, 2.75) is 25.4 Å². The van der Waals surface area contributed by atoms with Crippen LogP contribution in [-0.2, 0) is 17.6 Å². The van der Waals surface area contributed by atoms with Crippen LogP contribution >= 0.6 is 11.6 Å². The molecule has 0 aliphatic carbocycles. The molecule has 21 heavy (non-hydrogen) atoms. The Balaban J connectivity index is 1.81. The van der Waals surface area contributed by atoms with Crippen LogP contribution in [0.2, 0.25) is 5.02 Å². The van der Waals surface area contributed by atoms with E-state index in [0.29, 0.717) is 17.2 Å². The molecule has 2 N–H and O–H groups in total. The zero-order valence-corrected chi connectivity index (χ0v) is 12.6. The molecule has 1 unspecified atom stereocenters. The predicted molar refractivity (Wildman–Crippen MR) is 81.2 cm³/mol. The van der Waals surface area contributed by atoms with Gasteiger partial charge in [-0.1, -0.05) is 23.7 Å². The zero-order valence-electron chi connectivity index (χ0n) is 11.8. The molecule has 0 spiro atoms. The highest BCUT2D eigenvalue weighted by molar-refractivity contribution is 6.30. The summed E-state index contributed by atoms with van der Waals surface area (Å²) in [4.78, 5) is 11.9. The van der Waals surface area contributed by atoms with Gasteiger partial charge in [-0.05, 0) is 36.8 Å². The average molecular weight is 308 g/mol. The van der Waals surface area contributed by atoms with E-state index in [1.165, 1.54) is 0 Å². The Kier molecular flexibility index (Phi) is 5.04. The van der Waals surface area contributed by atoms with Gasteiger partial charge < -0.3 is 14.8 Å². The van der Waals surface area contributed by atoms with E-state index in [1.807, 2.05) is 12.1 Å². The smallest absolute Gasteiger partial charge is 0.224 e. The molecule has 1 aromatic carbocycles. The number of rotatable bonds is 6. The normalized spacial score (nSPS) is 13.7. The molecular weight excluding hydrogens is 290 g/mol. The van der Waals surface area contributed by atoms with Crippen LogP contribution in [0.25, 0.3) is 0 Å². The molecule has 0 saturated heterocycles. The molecule has 0 aliphatic rings. The SMILES string of the molecule is CC(O)(CNC(=O)Cc1ccc(Cl)cc1)Cc1ccco1. The van der Waals surface area contributed by atoms with Crippen molar-refractivity contribution in [1.82, 2.24) is 5.32 Å². The number of benzene rings is 1. The Morgan fingerprint density at radius 2 is 2.05 bits per heavy atom. The summed E-state index contributed by atoms with van der Waals surface area (Å²) in [6.45, 7) is 1.83. The molecule has 1 amide bonds. The van der Waals surface area contributed by atoms with Crippen molar-refractivity contribution in [3.8, 4) is 0 Å². The van der Waals surface area contributed by atoms with E-state index < -0.39 is 5.60 Å². The van der Waals surface area contributed by atoms with Crippen LogP contribution in [0.15, 0.2) is 47.1 Å². The standard InChI is InChI=1S/C16H18ClNO3/c1-16(20,10-14-3-2-8-21-14)11-18-15(19)9-12-4-6-13(17)7-5-12/h2-8,20H,9-11H2,1H3,(H,18,19). The Morgan fingerprint density at radius 1 is 1.33 bits per heavy atom. The fraction of sp³-hybridized carbons (Fsp3) is 0.312. The third kappa shape index (κ3) is 5.25. The van der Waals surface area contributed by atoms with Crippen LogP contribution in [-0.4, -0.2) is 23.2 Å². The Hall–Kier alpha value is -1.78. The van der Waals surface area contributed by atoms with Crippen molar-refractivity contribution >= 4 is 17.5 Å². The van der Waals surface area contributed by atoms with E-state index in [4.69, 9.17) is 16.0 Å². The van der Waals surface area contributed by atoms with Gasteiger partial charge in [0.05, 0.1) is 18.3 Å². The van der Waals surface area contributed by atoms with Gasteiger partial charge in [0.15, 0.2) is 0 Å². The molecule has 2 rings (SSSR count). The van der Waals surface area contributed by atoms with E-state index in [-0.39, 0.29) is 18.9 Å². The van der Waals surface area contributed by atoms with Crippen LogP contribution in [0, 0.1) is 0 Å². The third-order valence-corrected chi connectivity index (χ3v) is 3.33. The fourth-order valence-electron chi connectivity index (χ4n) is 1.99. The van der Waals surface area contributed by atoms with Crippen molar-refractivity contribution in [2.75, 3.05) is 6.54 Å². The molecular formula is C16H18ClNO3. The minimum Gasteiger partial charge on any atom is -0.469 e. The molecule has 0 aliphatic heterocycles. The molecule has 1 aromatic heterocycles. The Bertz CT molecular complexity index is 576. The zero-order chi connectivity index (χ0) is 15.3. The minimum absolute atomic E-state index is 0.142. The van der Waals surface area contributed by atoms with Crippen molar-refractivity contribution < 1.29 is 14.3 Å². The highest BCUT2D eigenvalue weighted by Crippen LogP contribution is 2.13. The van der Waals surface area contributed by atoms with Gasteiger partial charge in [0, 0.05) is 18.0 Å². The molecule has 2 aromatic rings. The number of amides is 1. The Labute approximate surface area is 128 Å². The number of halogens is 1. The number of nitrogens with one attached hydrogen (secondary N) is 1. The lowest BCUT2D eigenvalue weighted by molar-refractivity contribution is -0.121. The summed E-state index contributed by atoms with van der Waals surface area (Å²) < 4.78 is 5.20. The van der Waals surface area contributed by atoms with Crippen molar-refractivity contribution in [3.63, 3.8) is 0 Å². The first kappa shape index (κ1) is 15.6. The number of hydrogen-bond donors (Lipinski definition) is 2. The second-order valence-corrected chi connectivity index (χ2v) is 5.77. The molecule has 0 radical (unpaired) electrons. The maximum Gasteiger partial charge on any atom is 0.224 e. The number of carbonyl (C=O) groups excluding carboxylic acids is 1. The number of furan rings is 1. The molecule has 0 saturated carbocycles. The fourth-order valence-corrected chi connectivity index (χ4v) is 2.12. The van der Waals surface area contributed by atoms with E-state index >= 15 is 0 Å². The summed E-state index contributed by atoms with van der Waals surface area (Å²) in [5, 5.41) is 13.6. The second kappa shape index (κ2) is 6.78. The highest BCUT2D eigenvalue weighted by atomic mass is 35.5. The van der Waals surface area contributed by atoms with E-state index in [1.54, 1.807) is 37.5 Å². The summed E-state index contributed by atoms with van der Waals surface area (Å²) in [5.41, 5.74) is -0.171. The van der Waals surface area contributed by atoms with Crippen molar-refractivity contribution in [3.05, 3.63) is 59.0 Å². The summed E-state index contributed by atoms with van der Waals surface area (Å²) in [6, 6.07) is 10.7. The first-order valence-electron chi connectivity index (χ1n) is 6.70. The first-order chi connectivity index (χ1) is 9.94. The van der Waals surface area contributed by atoms with Gasteiger partial charge in [-0.3, -0.25) is 4.79 Å². The van der Waals surface area contributed by atoms with E-state index in [2.05, 4.69) is 5.32 Å². The summed E-state index contributed by atoms with van der Waals surface area (Å²) in [7, 11) is 0. The average Bonchev–Trinajstić information content (AvgIpc) is 2.91. The predicted octanol–water partition coefficient (Wildman–Crippen LogP) is 2.59. The van der Waals surface area contributed by atoms with Crippen LogP contribution in [0.1, 0.15) is 18.2 Å². The molecule has 4 nitrogen and oxygen atoms in total. The lowest BCUT2D eigenvalue weighted by Crippen LogP contribution is -2.42. The number of aliphatic hydroxyl groups is 1. The molecule has 1 heterocycles. The highest BCUT2D eigenvalue weighted by Gasteiger charge is 2.23. The number of carbonyl (C=O) groups is 1. The summed E-state index contributed by atoms with van der Waals surface area (Å²) >= 11 is 5.79. The molecule has 5 heteroatoms. The van der Waals surface area contributed by atoms with Crippen LogP contribution < -0.4 is 5.32 Å². The molecule has 0 fully saturated rings. The van der Waals surface area contributed by atoms with Gasteiger partial charge in [0.1, 0.15) is 5.76 Å². The van der Waals surface area contributed by atoms with Gasteiger partial charge in [-0.2, -0.15) is 0 Å².